The van der Waals surface area contributed by atoms with Crippen LogP contribution in [0.15, 0.2) is 35.2 Å². The van der Waals surface area contributed by atoms with E-state index in [1.54, 1.807) is 6.92 Å². The number of esters is 1. The van der Waals surface area contributed by atoms with Crippen molar-refractivity contribution in [2.45, 2.75) is 18.4 Å². The van der Waals surface area contributed by atoms with E-state index in [-0.39, 0.29) is 5.69 Å². The molecule has 146 valence electrons. The first-order chi connectivity index (χ1) is 12.7. The van der Waals surface area contributed by atoms with E-state index >= 15 is 0 Å². The molecule has 0 saturated carbocycles. The molecule has 0 spiro atoms. The van der Waals surface area contributed by atoms with Crippen LogP contribution in [-0.4, -0.2) is 33.2 Å². The smallest absolute Gasteiger partial charge is 0.343 e. The van der Waals surface area contributed by atoms with Crippen molar-refractivity contribution in [3.63, 3.8) is 0 Å². The largest absolute Gasteiger partial charge is 0.494 e. The molecule has 0 fully saturated rings. The van der Waals surface area contributed by atoms with Crippen LogP contribution in [0.25, 0.3) is 0 Å². The molecule has 2 aromatic rings. The van der Waals surface area contributed by atoms with Gasteiger partial charge in [-0.15, -0.1) is 0 Å². The van der Waals surface area contributed by atoms with Gasteiger partial charge in [-0.3, -0.25) is 4.72 Å². The first kappa shape index (κ1) is 20.6. The molecule has 27 heavy (non-hydrogen) atoms. The van der Waals surface area contributed by atoms with E-state index < -0.39 is 44.7 Å². The van der Waals surface area contributed by atoms with Crippen molar-refractivity contribution in [2.75, 3.05) is 18.4 Å². The van der Waals surface area contributed by atoms with Crippen LogP contribution in [0.5, 0.6) is 5.75 Å². The Bertz CT molecular complexity index is 962. The molecule has 0 amide bonds. The number of halogens is 2. The van der Waals surface area contributed by atoms with E-state index in [2.05, 4.69) is 9.46 Å². The molecule has 2 N–H and O–H groups in total. The number of hydrogen-bond donors (Lipinski definition) is 2. The minimum Gasteiger partial charge on any atom is -0.494 e. The van der Waals surface area contributed by atoms with Gasteiger partial charge in [-0.1, -0.05) is 0 Å². The molecule has 0 unspecified atom stereocenters. The number of benzene rings is 2. The SMILES string of the molecule is CCOc1ccc(NS(=O)(=O)c2ccc(F)c(C(=O)OC)c2F)cc1CO. The topological polar surface area (TPSA) is 102 Å². The monoisotopic (exact) mass is 401 g/mol. The van der Waals surface area contributed by atoms with Gasteiger partial charge in [-0.2, -0.15) is 0 Å². The van der Waals surface area contributed by atoms with Gasteiger partial charge in [-0.25, -0.2) is 22.0 Å². The van der Waals surface area contributed by atoms with Crippen molar-refractivity contribution in [2.24, 2.45) is 0 Å². The molecule has 0 heterocycles. The molecular formula is C17H17F2NO6S. The van der Waals surface area contributed by atoms with Crippen LogP contribution in [-0.2, 0) is 21.4 Å². The van der Waals surface area contributed by atoms with Gasteiger partial charge in [0.2, 0.25) is 0 Å². The molecular weight excluding hydrogens is 384 g/mol. The van der Waals surface area contributed by atoms with E-state index in [0.29, 0.717) is 30.1 Å². The van der Waals surface area contributed by atoms with Gasteiger partial charge in [-0.05, 0) is 37.3 Å². The standard InChI is InChI=1S/C17H17F2NO6S/c1-3-26-13-6-4-11(8-10(13)9-21)20-27(23,24)14-7-5-12(18)15(16(14)19)17(22)25-2/h4-8,20-21H,3,9H2,1-2H3. The van der Waals surface area contributed by atoms with Crippen LogP contribution >= 0.6 is 0 Å². The third-order valence-corrected chi connectivity index (χ3v) is 4.92. The van der Waals surface area contributed by atoms with Crippen LogP contribution in [0.2, 0.25) is 0 Å². The van der Waals surface area contributed by atoms with Crippen molar-refractivity contribution >= 4 is 21.7 Å². The van der Waals surface area contributed by atoms with Crippen molar-refractivity contribution in [3.05, 3.63) is 53.1 Å². The lowest BCUT2D eigenvalue weighted by molar-refractivity contribution is 0.0589. The number of ether oxygens (including phenoxy) is 2. The van der Waals surface area contributed by atoms with Crippen LogP contribution in [0.1, 0.15) is 22.8 Å². The zero-order chi connectivity index (χ0) is 20.2. The average molecular weight is 401 g/mol. The predicted octanol–water partition coefficient (Wildman–Crippen LogP) is 2.44. The number of hydrogen-bond acceptors (Lipinski definition) is 6. The average Bonchev–Trinajstić information content (AvgIpc) is 2.62. The third kappa shape index (κ3) is 4.34. The van der Waals surface area contributed by atoms with Crippen molar-refractivity contribution in [1.29, 1.82) is 0 Å². The first-order valence-corrected chi connectivity index (χ1v) is 9.19. The van der Waals surface area contributed by atoms with Crippen molar-refractivity contribution < 1.29 is 36.6 Å². The summed E-state index contributed by atoms with van der Waals surface area (Å²) in [7, 11) is -3.58. The summed E-state index contributed by atoms with van der Waals surface area (Å²) in [5.41, 5.74) is -0.777. The van der Waals surface area contributed by atoms with Gasteiger partial charge >= 0.3 is 5.97 Å². The number of methoxy groups -OCH3 is 1. The maximum Gasteiger partial charge on any atom is 0.343 e. The Balaban J connectivity index is 2.44. The summed E-state index contributed by atoms with van der Waals surface area (Å²) in [6.45, 7) is 1.67. The lowest BCUT2D eigenvalue weighted by Gasteiger charge is -2.13. The molecule has 0 aromatic heterocycles. The van der Waals surface area contributed by atoms with Gasteiger partial charge < -0.3 is 14.6 Å². The Morgan fingerprint density at radius 2 is 1.93 bits per heavy atom. The van der Waals surface area contributed by atoms with E-state index in [1.165, 1.54) is 18.2 Å². The molecule has 0 aliphatic carbocycles. The lowest BCUT2D eigenvalue weighted by atomic mass is 10.2. The summed E-state index contributed by atoms with van der Waals surface area (Å²) in [6.07, 6.45) is 0. The fourth-order valence-electron chi connectivity index (χ4n) is 2.30. The highest BCUT2D eigenvalue weighted by Crippen LogP contribution is 2.27. The zero-order valence-electron chi connectivity index (χ0n) is 14.5. The Morgan fingerprint density at radius 1 is 1.22 bits per heavy atom. The minimum atomic E-state index is -4.50. The number of rotatable bonds is 7. The van der Waals surface area contributed by atoms with Gasteiger partial charge in [0, 0.05) is 11.3 Å². The molecule has 0 aliphatic rings. The molecule has 0 atom stereocenters. The number of anilines is 1. The highest BCUT2D eigenvalue weighted by molar-refractivity contribution is 7.92. The highest BCUT2D eigenvalue weighted by Gasteiger charge is 2.28. The number of aliphatic hydroxyl groups is 1. The molecule has 10 heteroatoms. The molecule has 2 rings (SSSR count). The predicted molar refractivity (Wildman–Crippen MR) is 92.0 cm³/mol. The Labute approximate surface area is 154 Å². The van der Waals surface area contributed by atoms with Crippen LogP contribution in [0.4, 0.5) is 14.5 Å². The fourth-order valence-corrected chi connectivity index (χ4v) is 3.44. The normalized spacial score (nSPS) is 11.1. The number of nitrogens with one attached hydrogen (secondary N) is 1. The van der Waals surface area contributed by atoms with Gasteiger partial charge in [0.1, 0.15) is 22.0 Å². The van der Waals surface area contributed by atoms with E-state index in [0.717, 1.165) is 7.11 Å². The summed E-state index contributed by atoms with van der Waals surface area (Å²) >= 11 is 0. The first-order valence-electron chi connectivity index (χ1n) is 7.70. The van der Waals surface area contributed by atoms with E-state index in [4.69, 9.17) is 4.74 Å². The highest BCUT2D eigenvalue weighted by atomic mass is 32.2. The summed E-state index contributed by atoms with van der Waals surface area (Å²) in [5, 5.41) is 9.37. The Morgan fingerprint density at radius 3 is 2.52 bits per heavy atom. The Kier molecular flexibility index (Phi) is 6.34. The number of sulfonamides is 1. The summed E-state index contributed by atoms with van der Waals surface area (Å²) in [6, 6.07) is 5.45. The third-order valence-electron chi connectivity index (χ3n) is 3.52. The minimum absolute atomic E-state index is 0.0193. The van der Waals surface area contributed by atoms with Crippen molar-refractivity contribution in [1.82, 2.24) is 0 Å². The molecule has 0 aliphatic heterocycles. The van der Waals surface area contributed by atoms with E-state index in [9.17, 15) is 27.1 Å². The van der Waals surface area contributed by atoms with Crippen molar-refractivity contribution in [3.8, 4) is 5.75 Å². The molecule has 0 bridgehead atoms. The second-order valence-electron chi connectivity index (χ2n) is 5.25. The molecule has 0 saturated heterocycles. The second kappa shape index (κ2) is 8.31. The van der Waals surface area contributed by atoms with Gasteiger partial charge in [0.15, 0.2) is 5.82 Å². The summed E-state index contributed by atoms with van der Waals surface area (Å²) < 4.78 is 64.8. The fraction of sp³-hybridized carbons (Fsp3) is 0.235. The summed E-state index contributed by atoms with van der Waals surface area (Å²) in [4.78, 5) is 10.6. The van der Waals surface area contributed by atoms with Gasteiger partial charge in [0.25, 0.3) is 10.0 Å². The molecule has 2 aromatic carbocycles. The zero-order valence-corrected chi connectivity index (χ0v) is 15.3. The van der Waals surface area contributed by atoms with Gasteiger partial charge in [0.05, 0.1) is 20.3 Å². The molecule has 7 nitrogen and oxygen atoms in total. The maximum atomic E-state index is 14.5. The quantitative estimate of drug-likeness (QED) is 0.691. The van der Waals surface area contributed by atoms with E-state index in [1.807, 2.05) is 0 Å². The lowest BCUT2D eigenvalue weighted by Crippen LogP contribution is -2.18. The van der Waals surface area contributed by atoms with Crippen LogP contribution < -0.4 is 9.46 Å². The number of aliphatic hydroxyl groups excluding tert-OH is 1. The Hall–Kier alpha value is -2.72. The number of carbonyl (C=O) groups excluding carboxylic acids is 1. The summed E-state index contributed by atoms with van der Waals surface area (Å²) in [5.74, 6) is -3.79. The maximum absolute atomic E-state index is 14.5. The van der Waals surface area contributed by atoms with Crippen LogP contribution in [0.3, 0.4) is 0 Å². The number of carbonyl (C=O) groups is 1. The second-order valence-corrected chi connectivity index (χ2v) is 6.90. The van der Waals surface area contributed by atoms with Crippen LogP contribution in [0, 0.1) is 11.6 Å². The molecule has 0 radical (unpaired) electrons.